The summed E-state index contributed by atoms with van der Waals surface area (Å²) in [7, 11) is 0. The van der Waals surface area contributed by atoms with Crippen molar-refractivity contribution in [1.82, 2.24) is 0 Å². The lowest BCUT2D eigenvalue weighted by Crippen LogP contribution is -1.92. The number of hydrogen-bond acceptors (Lipinski definition) is 1. The Balaban J connectivity index is 1.13. The molecule has 236 valence electrons. The quantitative estimate of drug-likeness (QED) is 0.174. The summed E-state index contributed by atoms with van der Waals surface area (Å²) < 4.78 is 6.46. The molecule has 10 aromatic carbocycles. The molecule has 0 aliphatic heterocycles. The van der Waals surface area contributed by atoms with E-state index in [2.05, 4.69) is 182 Å². The van der Waals surface area contributed by atoms with Gasteiger partial charge in [0.25, 0.3) is 0 Å². The Bertz CT molecular complexity index is 3130. The number of furan rings is 1. The third-order valence-electron chi connectivity index (χ3n) is 10.8. The van der Waals surface area contributed by atoms with Gasteiger partial charge in [-0.1, -0.05) is 158 Å². The molecule has 0 saturated heterocycles. The Morgan fingerprint density at radius 2 is 0.843 bits per heavy atom. The monoisotopic (exact) mass is 646 g/mol. The zero-order chi connectivity index (χ0) is 33.5. The second-order valence-electron chi connectivity index (χ2n) is 13.6. The molecule has 1 nitrogen and oxygen atoms in total. The molecule has 1 aromatic heterocycles. The van der Waals surface area contributed by atoms with Crippen LogP contribution in [0.3, 0.4) is 0 Å². The molecule has 0 saturated carbocycles. The Kier molecular flexibility index (Phi) is 6.02. The highest BCUT2D eigenvalue weighted by Crippen LogP contribution is 2.46. The van der Waals surface area contributed by atoms with Crippen LogP contribution in [0.15, 0.2) is 186 Å². The maximum Gasteiger partial charge on any atom is 0.136 e. The smallest absolute Gasteiger partial charge is 0.136 e. The molecular formula is C50H30O. The minimum Gasteiger partial charge on any atom is -0.456 e. The predicted octanol–water partition coefficient (Wildman–Crippen LogP) is 14.4. The highest BCUT2D eigenvalue weighted by atomic mass is 16.3. The summed E-state index contributed by atoms with van der Waals surface area (Å²) in [5.41, 5.74) is 9.32. The third-order valence-corrected chi connectivity index (χ3v) is 10.8. The first kappa shape index (κ1) is 28.2. The lowest BCUT2D eigenvalue weighted by molar-refractivity contribution is 0.670. The molecule has 1 heterocycles. The molecule has 0 unspecified atom stereocenters. The Hall–Kier alpha value is -6.70. The molecule has 0 atom stereocenters. The van der Waals surface area contributed by atoms with Gasteiger partial charge >= 0.3 is 0 Å². The largest absolute Gasteiger partial charge is 0.456 e. The molecule has 0 fully saturated rings. The Morgan fingerprint density at radius 3 is 1.57 bits per heavy atom. The van der Waals surface area contributed by atoms with Crippen molar-refractivity contribution in [2.24, 2.45) is 0 Å². The minimum absolute atomic E-state index is 0.920. The van der Waals surface area contributed by atoms with E-state index in [1.54, 1.807) is 0 Å². The van der Waals surface area contributed by atoms with Crippen LogP contribution in [0.5, 0.6) is 0 Å². The van der Waals surface area contributed by atoms with Gasteiger partial charge in [-0.2, -0.15) is 0 Å². The summed E-state index contributed by atoms with van der Waals surface area (Å²) in [5.74, 6) is 0. The van der Waals surface area contributed by atoms with E-state index in [1.807, 2.05) is 0 Å². The van der Waals surface area contributed by atoms with Crippen LogP contribution in [0.1, 0.15) is 0 Å². The Morgan fingerprint density at radius 1 is 0.275 bits per heavy atom. The first-order valence-corrected chi connectivity index (χ1v) is 17.6. The summed E-state index contributed by atoms with van der Waals surface area (Å²) in [4.78, 5) is 0. The van der Waals surface area contributed by atoms with E-state index in [-0.39, 0.29) is 0 Å². The maximum absolute atomic E-state index is 6.46. The molecule has 11 aromatic rings. The van der Waals surface area contributed by atoms with E-state index in [0.29, 0.717) is 0 Å². The fourth-order valence-electron chi connectivity index (χ4n) is 8.56. The lowest BCUT2D eigenvalue weighted by atomic mass is 9.84. The summed E-state index contributed by atoms with van der Waals surface area (Å²) >= 11 is 0. The van der Waals surface area contributed by atoms with Gasteiger partial charge in [-0.05, 0) is 112 Å². The van der Waals surface area contributed by atoms with Crippen LogP contribution in [0, 0.1) is 0 Å². The van der Waals surface area contributed by atoms with Gasteiger partial charge in [0.15, 0.2) is 0 Å². The number of benzene rings is 10. The van der Waals surface area contributed by atoms with E-state index >= 15 is 0 Å². The summed E-state index contributed by atoms with van der Waals surface area (Å²) in [6, 6.07) is 66.3. The van der Waals surface area contributed by atoms with Gasteiger partial charge in [0.05, 0.1) is 0 Å². The highest BCUT2D eigenvalue weighted by molar-refractivity contribution is 6.24. The summed E-state index contributed by atoms with van der Waals surface area (Å²) in [6.07, 6.45) is 0. The van der Waals surface area contributed by atoms with Crippen molar-refractivity contribution in [3.8, 4) is 33.4 Å². The third kappa shape index (κ3) is 4.22. The van der Waals surface area contributed by atoms with E-state index in [9.17, 15) is 0 Å². The molecular weight excluding hydrogens is 617 g/mol. The molecule has 0 radical (unpaired) electrons. The standard InChI is InChI=1S/C50H30O/c1-2-13-32(14-3-1)48-40-18-8-10-20-42(40)49(43-21-11-9-19-41(43)48)44-26-25-36(38-16-6-7-17-39(38)44)34-23-22-33-29-45-47(30-35(33)28-34)51-46-27-24-31-12-4-5-15-37(31)50(45)46/h1-30H. The van der Waals surface area contributed by atoms with Crippen molar-refractivity contribution in [2.75, 3.05) is 0 Å². The zero-order valence-corrected chi connectivity index (χ0v) is 27.7. The first-order chi connectivity index (χ1) is 25.3. The van der Waals surface area contributed by atoms with Gasteiger partial charge in [-0.25, -0.2) is 0 Å². The van der Waals surface area contributed by atoms with Crippen molar-refractivity contribution in [3.63, 3.8) is 0 Å². The normalized spacial score (nSPS) is 11.9. The van der Waals surface area contributed by atoms with Gasteiger partial charge in [-0.15, -0.1) is 0 Å². The van der Waals surface area contributed by atoms with Crippen LogP contribution in [0.4, 0.5) is 0 Å². The van der Waals surface area contributed by atoms with Gasteiger partial charge in [0.1, 0.15) is 11.2 Å². The molecule has 0 bridgehead atoms. The molecule has 0 N–H and O–H groups in total. The van der Waals surface area contributed by atoms with Gasteiger partial charge in [0, 0.05) is 10.8 Å². The van der Waals surface area contributed by atoms with Crippen LogP contribution < -0.4 is 0 Å². The van der Waals surface area contributed by atoms with Crippen LogP contribution in [-0.4, -0.2) is 0 Å². The number of hydrogen-bond donors (Lipinski definition) is 0. The minimum atomic E-state index is 0.920. The SMILES string of the molecule is c1ccc(-c2c3ccccc3c(-c3ccc(-c4ccc5cc6c(cc5c4)oc4ccc5ccccc5c46)c4ccccc34)c3ccccc23)cc1. The van der Waals surface area contributed by atoms with E-state index in [0.717, 1.165) is 16.6 Å². The fourth-order valence-corrected chi connectivity index (χ4v) is 8.56. The number of rotatable bonds is 3. The molecule has 1 heteroatoms. The van der Waals surface area contributed by atoms with Crippen molar-refractivity contribution in [1.29, 1.82) is 0 Å². The average Bonchev–Trinajstić information content (AvgIpc) is 3.56. The summed E-state index contributed by atoms with van der Waals surface area (Å²) in [5, 5.41) is 14.7. The van der Waals surface area contributed by atoms with Crippen LogP contribution in [0.2, 0.25) is 0 Å². The second kappa shape index (κ2) is 10.9. The zero-order valence-electron chi connectivity index (χ0n) is 27.7. The molecule has 51 heavy (non-hydrogen) atoms. The van der Waals surface area contributed by atoms with Gasteiger partial charge in [-0.3, -0.25) is 0 Å². The van der Waals surface area contributed by atoms with Gasteiger partial charge in [0.2, 0.25) is 0 Å². The predicted molar refractivity (Wildman–Crippen MR) is 218 cm³/mol. The maximum atomic E-state index is 6.46. The van der Waals surface area contributed by atoms with Crippen LogP contribution in [-0.2, 0) is 0 Å². The van der Waals surface area contributed by atoms with Crippen molar-refractivity contribution in [3.05, 3.63) is 182 Å². The van der Waals surface area contributed by atoms with Crippen molar-refractivity contribution >= 4 is 75.8 Å². The Labute approximate surface area is 294 Å². The number of fused-ring (bicyclic) bond motifs is 9. The first-order valence-electron chi connectivity index (χ1n) is 17.6. The molecule has 0 aliphatic rings. The molecule has 0 spiro atoms. The highest BCUT2D eigenvalue weighted by Gasteiger charge is 2.19. The van der Waals surface area contributed by atoms with E-state index in [1.165, 1.54) is 92.6 Å². The van der Waals surface area contributed by atoms with Crippen LogP contribution in [0.25, 0.3) is 109 Å². The second-order valence-corrected chi connectivity index (χ2v) is 13.6. The summed E-state index contributed by atoms with van der Waals surface area (Å²) in [6.45, 7) is 0. The molecule has 11 rings (SSSR count). The van der Waals surface area contributed by atoms with Crippen molar-refractivity contribution in [2.45, 2.75) is 0 Å². The van der Waals surface area contributed by atoms with Crippen molar-refractivity contribution < 1.29 is 4.42 Å². The lowest BCUT2D eigenvalue weighted by Gasteiger charge is -2.19. The molecule has 0 aliphatic carbocycles. The van der Waals surface area contributed by atoms with Crippen LogP contribution >= 0.6 is 0 Å². The molecule has 0 amide bonds. The fraction of sp³-hybridized carbons (Fsp3) is 0. The van der Waals surface area contributed by atoms with Gasteiger partial charge < -0.3 is 4.42 Å². The van der Waals surface area contributed by atoms with E-state index in [4.69, 9.17) is 4.42 Å². The average molecular weight is 647 g/mol. The van der Waals surface area contributed by atoms with E-state index < -0.39 is 0 Å². The topological polar surface area (TPSA) is 13.1 Å².